The van der Waals surface area contributed by atoms with Crippen LogP contribution in [-0.4, -0.2) is 32.5 Å². The Morgan fingerprint density at radius 1 is 1.26 bits per heavy atom. The van der Waals surface area contributed by atoms with Gasteiger partial charge in [0.15, 0.2) is 0 Å². The van der Waals surface area contributed by atoms with Gasteiger partial charge in [-0.25, -0.2) is 13.1 Å². The van der Waals surface area contributed by atoms with E-state index in [-0.39, 0.29) is 35.8 Å². The quantitative estimate of drug-likeness (QED) is 0.597. The topological polar surface area (TPSA) is 71.1 Å². The van der Waals surface area contributed by atoms with E-state index >= 15 is 0 Å². The molecule has 0 saturated carbocycles. The summed E-state index contributed by atoms with van der Waals surface area (Å²) in [6.07, 6.45) is 8.47. The van der Waals surface area contributed by atoms with Crippen LogP contribution >= 0.6 is 24.8 Å². The standard InChI is InChI=1S/C15H17N3O2S.2ClH/c1-3-7-16-10-12(2)18-21(19,20)15-5-4-14-11-17-8-6-13(14)9-15;;/h1,4-6,8-9,11-12,16,18H,7,10H2,2H3;2*1H/t12-;;/m1../s1. The van der Waals surface area contributed by atoms with Crippen molar-refractivity contribution in [1.29, 1.82) is 0 Å². The van der Waals surface area contributed by atoms with Crippen LogP contribution in [0.2, 0.25) is 0 Å². The minimum absolute atomic E-state index is 0. The van der Waals surface area contributed by atoms with Crippen molar-refractivity contribution in [2.24, 2.45) is 0 Å². The van der Waals surface area contributed by atoms with E-state index in [1.807, 2.05) is 0 Å². The molecule has 0 bridgehead atoms. The van der Waals surface area contributed by atoms with E-state index in [2.05, 4.69) is 20.9 Å². The zero-order chi connectivity index (χ0) is 15.3. The number of hydrogen-bond acceptors (Lipinski definition) is 4. The van der Waals surface area contributed by atoms with Gasteiger partial charge >= 0.3 is 0 Å². The van der Waals surface area contributed by atoms with Gasteiger partial charge in [0.2, 0.25) is 10.0 Å². The molecule has 2 aromatic rings. The van der Waals surface area contributed by atoms with Crippen molar-refractivity contribution in [2.75, 3.05) is 13.1 Å². The van der Waals surface area contributed by atoms with Gasteiger partial charge in [-0.1, -0.05) is 12.0 Å². The fourth-order valence-electron chi connectivity index (χ4n) is 1.96. The number of pyridine rings is 1. The number of rotatable bonds is 6. The number of sulfonamides is 1. The molecular formula is C15H19Cl2N3O2S. The van der Waals surface area contributed by atoms with E-state index in [1.165, 1.54) is 0 Å². The summed E-state index contributed by atoms with van der Waals surface area (Å²) in [5.41, 5.74) is 0. The van der Waals surface area contributed by atoms with E-state index in [0.29, 0.717) is 13.1 Å². The van der Waals surface area contributed by atoms with Crippen LogP contribution < -0.4 is 10.0 Å². The van der Waals surface area contributed by atoms with Crippen LogP contribution in [-0.2, 0) is 10.0 Å². The molecule has 5 nitrogen and oxygen atoms in total. The van der Waals surface area contributed by atoms with Crippen molar-refractivity contribution in [2.45, 2.75) is 17.9 Å². The maximum Gasteiger partial charge on any atom is 0.240 e. The average Bonchev–Trinajstić information content (AvgIpc) is 2.46. The van der Waals surface area contributed by atoms with Crippen molar-refractivity contribution in [1.82, 2.24) is 15.0 Å². The van der Waals surface area contributed by atoms with Crippen LogP contribution in [0.5, 0.6) is 0 Å². The predicted molar refractivity (Wildman–Crippen MR) is 97.7 cm³/mol. The van der Waals surface area contributed by atoms with Crippen molar-refractivity contribution in [3.05, 3.63) is 36.7 Å². The summed E-state index contributed by atoms with van der Waals surface area (Å²) in [7, 11) is -3.55. The second kappa shape index (κ2) is 9.71. The van der Waals surface area contributed by atoms with Gasteiger partial charge < -0.3 is 5.32 Å². The van der Waals surface area contributed by atoms with Gasteiger partial charge in [0, 0.05) is 30.4 Å². The second-order valence-corrected chi connectivity index (χ2v) is 6.46. The van der Waals surface area contributed by atoms with E-state index < -0.39 is 10.0 Å². The van der Waals surface area contributed by atoms with Gasteiger partial charge in [-0.2, -0.15) is 0 Å². The fourth-order valence-corrected chi connectivity index (χ4v) is 3.24. The molecule has 1 aromatic carbocycles. The zero-order valence-electron chi connectivity index (χ0n) is 12.5. The van der Waals surface area contributed by atoms with Crippen LogP contribution in [0.3, 0.4) is 0 Å². The van der Waals surface area contributed by atoms with E-state index in [4.69, 9.17) is 6.42 Å². The smallest absolute Gasteiger partial charge is 0.240 e. The summed E-state index contributed by atoms with van der Waals surface area (Å²) in [6, 6.07) is 6.50. The number of nitrogens with zero attached hydrogens (tertiary/aromatic N) is 1. The van der Waals surface area contributed by atoms with Crippen molar-refractivity contribution in [3.8, 4) is 12.3 Å². The lowest BCUT2D eigenvalue weighted by Gasteiger charge is -2.14. The molecule has 0 aliphatic rings. The number of benzene rings is 1. The number of hydrogen-bond donors (Lipinski definition) is 2. The molecule has 2 N–H and O–H groups in total. The first kappa shape index (κ1) is 21.6. The molecule has 1 atom stereocenters. The summed E-state index contributed by atoms with van der Waals surface area (Å²) in [4.78, 5) is 4.25. The first-order chi connectivity index (χ1) is 10.0. The summed E-state index contributed by atoms with van der Waals surface area (Å²) in [5, 5.41) is 4.71. The Balaban J connectivity index is 0.00000242. The Labute approximate surface area is 149 Å². The van der Waals surface area contributed by atoms with E-state index in [0.717, 1.165) is 10.8 Å². The van der Waals surface area contributed by atoms with Crippen LogP contribution in [0.4, 0.5) is 0 Å². The monoisotopic (exact) mass is 375 g/mol. The van der Waals surface area contributed by atoms with Gasteiger partial charge in [-0.05, 0) is 30.5 Å². The Morgan fingerprint density at radius 3 is 2.70 bits per heavy atom. The number of terminal acetylenes is 1. The molecule has 1 aromatic heterocycles. The van der Waals surface area contributed by atoms with Crippen LogP contribution in [0, 0.1) is 12.3 Å². The molecule has 0 amide bonds. The van der Waals surface area contributed by atoms with Crippen LogP contribution in [0.15, 0.2) is 41.6 Å². The molecule has 0 unspecified atom stereocenters. The maximum atomic E-state index is 12.3. The number of halogens is 2. The molecule has 0 radical (unpaired) electrons. The normalized spacial score (nSPS) is 11.8. The molecule has 0 fully saturated rings. The van der Waals surface area contributed by atoms with Gasteiger partial charge in [-0.3, -0.25) is 4.98 Å². The molecule has 0 aliphatic heterocycles. The van der Waals surface area contributed by atoms with E-state index in [1.54, 1.807) is 43.6 Å². The molecule has 1 heterocycles. The van der Waals surface area contributed by atoms with Gasteiger partial charge in [0.25, 0.3) is 0 Å². The third-order valence-electron chi connectivity index (χ3n) is 2.96. The minimum Gasteiger partial charge on any atom is -0.305 e. The summed E-state index contributed by atoms with van der Waals surface area (Å²) in [5.74, 6) is 2.44. The highest BCUT2D eigenvalue weighted by Crippen LogP contribution is 2.18. The molecule has 126 valence electrons. The first-order valence-electron chi connectivity index (χ1n) is 6.53. The molecule has 8 heteroatoms. The average molecular weight is 376 g/mol. The van der Waals surface area contributed by atoms with Crippen LogP contribution in [0.25, 0.3) is 10.8 Å². The lowest BCUT2D eigenvalue weighted by atomic mass is 10.2. The Kier molecular flexibility index (Phi) is 9.13. The predicted octanol–water partition coefficient (Wildman–Crippen LogP) is 1.97. The van der Waals surface area contributed by atoms with Gasteiger partial charge in [0.05, 0.1) is 11.4 Å². The van der Waals surface area contributed by atoms with Gasteiger partial charge in [0.1, 0.15) is 0 Å². The first-order valence-corrected chi connectivity index (χ1v) is 8.01. The summed E-state index contributed by atoms with van der Waals surface area (Å²) in [6.45, 7) is 2.67. The van der Waals surface area contributed by atoms with Gasteiger partial charge in [-0.15, -0.1) is 31.2 Å². The lowest BCUT2D eigenvalue weighted by molar-refractivity contribution is 0.546. The Morgan fingerprint density at radius 2 is 2.00 bits per heavy atom. The molecule has 23 heavy (non-hydrogen) atoms. The van der Waals surface area contributed by atoms with Crippen molar-refractivity contribution >= 4 is 45.6 Å². The molecular weight excluding hydrogens is 357 g/mol. The maximum absolute atomic E-state index is 12.3. The number of aromatic nitrogens is 1. The van der Waals surface area contributed by atoms with Crippen LogP contribution in [0.1, 0.15) is 6.92 Å². The molecule has 0 saturated heterocycles. The fraction of sp³-hybridized carbons (Fsp3) is 0.267. The SMILES string of the molecule is C#CCNC[C@@H](C)NS(=O)(=O)c1ccc2cnccc2c1.Cl.Cl. The highest BCUT2D eigenvalue weighted by atomic mass is 35.5. The number of fused-ring (bicyclic) bond motifs is 1. The highest BCUT2D eigenvalue weighted by Gasteiger charge is 2.17. The lowest BCUT2D eigenvalue weighted by Crippen LogP contribution is -2.40. The largest absolute Gasteiger partial charge is 0.305 e. The third kappa shape index (κ3) is 5.98. The van der Waals surface area contributed by atoms with E-state index in [9.17, 15) is 8.42 Å². The second-order valence-electron chi connectivity index (χ2n) is 4.74. The number of nitrogens with one attached hydrogen (secondary N) is 2. The summed E-state index contributed by atoms with van der Waals surface area (Å²) >= 11 is 0. The molecule has 2 rings (SSSR count). The molecule has 0 aliphatic carbocycles. The minimum atomic E-state index is -3.55. The highest BCUT2D eigenvalue weighted by molar-refractivity contribution is 7.89. The summed E-state index contributed by atoms with van der Waals surface area (Å²) < 4.78 is 27.3. The molecule has 0 spiro atoms. The van der Waals surface area contributed by atoms with Crippen molar-refractivity contribution in [3.63, 3.8) is 0 Å². The Hall–Kier alpha value is -1.36. The van der Waals surface area contributed by atoms with Crippen molar-refractivity contribution < 1.29 is 8.42 Å². The zero-order valence-corrected chi connectivity index (χ0v) is 15.0. The third-order valence-corrected chi connectivity index (χ3v) is 4.54. The Bertz CT molecular complexity index is 776.